The molecule has 18 heavy (non-hydrogen) atoms. The quantitative estimate of drug-likeness (QED) is 0.775. The number of carbonyl (C=O) groups is 1. The van der Waals surface area contributed by atoms with E-state index in [-0.39, 0.29) is 24.9 Å². The molecule has 1 aromatic rings. The van der Waals surface area contributed by atoms with Crippen molar-refractivity contribution in [1.29, 1.82) is 0 Å². The Morgan fingerprint density at radius 2 is 1.94 bits per heavy atom. The summed E-state index contributed by atoms with van der Waals surface area (Å²) in [5.41, 5.74) is 6.44. The van der Waals surface area contributed by atoms with Crippen LogP contribution >= 0.6 is 12.4 Å². The van der Waals surface area contributed by atoms with Crippen LogP contribution in [-0.4, -0.2) is 25.6 Å². The predicted molar refractivity (Wildman–Crippen MR) is 75.3 cm³/mol. The van der Waals surface area contributed by atoms with Crippen LogP contribution in [0.15, 0.2) is 24.3 Å². The number of carbonyl (C=O) groups excluding carboxylic acids is 1. The van der Waals surface area contributed by atoms with Crippen molar-refractivity contribution in [2.75, 3.05) is 19.7 Å². The third-order valence-corrected chi connectivity index (χ3v) is 2.43. The van der Waals surface area contributed by atoms with Crippen LogP contribution < -0.4 is 15.8 Å². The molecule has 0 saturated carbocycles. The molecule has 0 bridgehead atoms. The predicted octanol–water partition coefficient (Wildman–Crippen LogP) is 1.69. The molecule has 0 aliphatic carbocycles. The Morgan fingerprint density at radius 3 is 2.44 bits per heavy atom. The molecule has 0 atom stereocenters. The fourth-order valence-corrected chi connectivity index (χ4v) is 1.38. The number of ether oxygens (including phenoxy) is 1. The van der Waals surface area contributed by atoms with Crippen molar-refractivity contribution >= 4 is 18.3 Å². The van der Waals surface area contributed by atoms with E-state index in [0.717, 1.165) is 5.75 Å². The summed E-state index contributed by atoms with van der Waals surface area (Å²) in [5.74, 6) is 1.17. The molecular weight excluding hydrogens is 252 g/mol. The van der Waals surface area contributed by atoms with Crippen LogP contribution in [0, 0.1) is 0 Å². The minimum atomic E-state index is -0.163. The summed E-state index contributed by atoms with van der Waals surface area (Å²) < 4.78 is 5.48. The molecule has 1 rings (SSSR count). The summed E-state index contributed by atoms with van der Waals surface area (Å²) in [6, 6.07) is 8.00. The van der Waals surface area contributed by atoms with Gasteiger partial charge in [0, 0.05) is 0 Å². The van der Waals surface area contributed by atoms with Gasteiger partial charge in [-0.2, -0.15) is 0 Å². The molecule has 0 heterocycles. The molecule has 5 heteroatoms. The lowest BCUT2D eigenvalue weighted by Crippen LogP contribution is -2.33. The fourth-order valence-electron chi connectivity index (χ4n) is 1.38. The Bertz CT molecular complexity index is 353. The van der Waals surface area contributed by atoms with E-state index in [1.807, 2.05) is 12.1 Å². The van der Waals surface area contributed by atoms with E-state index in [1.165, 1.54) is 5.56 Å². The molecular formula is C13H21ClN2O2. The number of benzene rings is 1. The van der Waals surface area contributed by atoms with Gasteiger partial charge in [-0.3, -0.25) is 4.79 Å². The van der Waals surface area contributed by atoms with Gasteiger partial charge in [0.15, 0.2) is 0 Å². The summed E-state index contributed by atoms with van der Waals surface area (Å²) in [5, 5.41) is 2.64. The number of rotatable bonds is 6. The third kappa shape index (κ3) is 5.89. The summed E-state index contributed by atoms with van der Waals surface area (Å²) in [4.78, 5) is 10.9. The molecule has 1 aromatic carbocycles. The molecule has 0 saturated heterocycles. The second-order valence-corrected chi connectivity index (χ2v) is 4.13. The Balaban J connectivity index is 0.00000289. The molecule has 0 fully saturated rings. The molecule has 1 amide bonds. The van der Waals surface area contributed by atoms with Gasteiger partial charge in [-0.25, -0.2) is 0 Å². The summed E-state index contributed by atoms with van der Waals surface area (Å²) in [7, 11) is 0. The minimum absolute atomic E-state index is 0. The minimum Gasteiger partial charge on any atom is -0.492 e. The summed E-state index contributed by atoms with van der Waals surface area (Å²) >= 11 is 0. The zero-order valence-corrected chi connectivity index (χ0v) is 11.6. The molecule has 102 valence electrons. The number of halogens is 1. The van der Waals surface area contributed by atoms with Crippen molar-refractivity contribution in [3.63, 3.8) is 0 Å². The highest BCUT2D eigenvalue weighted by molar-refractivity contribution is 5.85. The normalized spacial score (nSPS) is 9.78. The second-order valence-electron chi connectivity index (χ2n) is 4.13. The van der Waals surface area contributed by atoms with Gasteiger partial charge in [-0.05, 0) is 23.6 Å². The Hall–Kier alpha value is -1.26. The molecule has 0 aliphatic rings. The van der Waals surface area contributed by atoms with E-state index in [0.29, 0.717) is 19.1 Å². The number of amides is 1. The molecule has 0 spiro atoms. The second kappa shape index (κ2) is 8.78. The van der Waals surface area contributed by atoms with Crippen LogP contribution in [0.25, 0.3) is 0 Å². The van der Waals surface area contributed by atoms with E-state index in [2.05, 4.69) is 31.3 Å². The van der Waals surface area contributed by atoms with E-state index in [4.69, 9.17) is 10.5 Å². The van der Waals surface area contributed by atoms with Gasteiger partial charge in [0.25, 0.3) is 0 Å². The SMILES string of the molecule is CC(C)c1ccc(OCCNC(=O)CN)cc1.Cl. The maximum absolute atomic E-state index is 10.9. The molecule has 0 aliphatic heterocycles. The van der Waals surface area contributed by atoms with Gasteiger partial charge in [-0.1, -0.05) is 26.0 Å². The van der Waals surface area contributed by atoms with E-state index >= 15 is 0 Å². The molecule has 4 nitrogen and oxygen atoms in total. The van der Waals surface area contributed by atoms with E-state index in [9.17, 15) is 4.79 Å². The topological polar surface area (TPSA) is 64.3 Å². The monoisotopic (exact) mass is 272 g/mol. The van der Waals surface area contributed by atoms with Crippen molar-refractivity contribution in [3.8, 4) is 5.75 Å². The first-order chi connectivity index (χ1) is 8.13. The van der Waals surface area contributed by atoms with Crippen molar-refractivity contribution in [3.05, 3.63) is 29.8 Å². The van der Waals surface area contributed by atoms with E-state index < -0.39 is 0 Å². The largest absolute Gasteiger partial charge is 0.492 e. The molecule has 0 unspecified atom stereocenters. The van der Waals surface area contributed by atoms with Crippen LogP contribution in [0.1, 0.15) is 25.3 Å². The van der Waals surface area contributed by atoms with Crippen LogP contribution in [0.3, 0.4) is 0 Å². The van der Waals surface area contributed by atoms with Gasteiger partial charge in [0.1, 0.15) is 12.4 Å². The first kappa shape index (κ1) is 16.7. The highest BCUT2D eigenvalue weighted by Gasteiger charge is 2.00. The maximum Gasteiger partial charge on any atom is 0.233 e. The fraction of sp³-hybridized carbons (Fsp3) is 0.462. The number of hydrogen-bond donors (Lipinski definition) is 2. The lowest BCUT2D eigenvalue weighted by molar-refractivity contribution is -0.119. The maximum atomic E-state index is 10.9. The van der Waals surface area contributed by atoms with Crippen molar-refractivity contribution in [2.45, 2.75) is 19.8 Å². The molecule has 0 aromatic heterocycles. The van der Waals surface area contributed by atoms with Crippen molar-refractivity contribution in [1.82, 2.24) is 5.32 Å². The summed E-state index contributed by atoms with van der Waals surface area (Å²) in [6.07, 6.45) is 0. The standard InChI is InChI=1S/C13H20N2O2.ClH/c1-10(2)11-3-5-12(6-4-11)17-8-7-15-13(16)9-14;/h3-6,10H,7-9,14H2,1-2H3,(H,15,16);1H. The van der Waals surface area contributed by atoms with Crippen molar-refractivity contribution in [2.24, 2.45) is 5.73 Å². The highest BCUT2D eigenvalue weighted by atomic mass is 35.5. The average Bonchev–Trinajstić information content (AvgIpc) is 2.34. The van der Waals surface area contributed by atoms with E-state index in [1.54, 1.807) is 0 Å². The lowest BCUT2D eigenvalue weighted by atomic mass is 10.0. The van der Waals surface area contributed by atoms with Crippen LogP contribution in [-0.2, 0) is 4.79 Å². The Morgan fingerprint density at radius 1 is 1.33 bits per heavy atom. The summed E-state index contributed by atoms with van der Waals surface area (Å²) in [6.45, 7) is 5.24. The van der Waals surface area contributed by atoms with Crippen LogP contribution in [0.4, 0.5) is 0 Å². The molecule has 0 radical (unpaired) electrons. The van der Waals surface area contributed by atoms with Gasteiger partial charge in [0.2, 0.25) is 5.91 Å². The van der Waals surface area contributed by atoms with Crippen LogP contribution in [0.5, 0.6) is 5.75 Å². The lowest BCUT2D eigenvalue weighted by Gasteiger charge is -2.09. The smallest absolute Gasteiger partial charge is 0.233 e. The van der Waals surface area contributed by atoms with Gasteiger partial charge in [-0.15, -0.1) is 12.4 Å². The zero-order valence-electron chi connectivity index (χ0n) is 10.8. The van der Waals surface area contributed by atoms with Gasteiger partial charge in [0.05, 0.1) is 13.1 Å². The average molecular weight is 273 g/mol. The highest BCUT2D eigenvalue weighted by Crippen LogP contribution is 2.18. The number of nitrogens with two attached hydrogens (primary N) is 1. The molecule has 3 N–H and O–H groups in total. The first-order valence-corrected chi connectivity index (χ1v) is 5.83. The first-order valence-electron chi connectivity index (χ1n) is 5.83. The van der Waals surface area contributed by atoms with Crippen molar-refractivity contribution < 1.29 is 9.53 Å². The number of hydrogen-bond acceptors (Lipinski definition) is 3. The Kier molecular flexibility index (Phi) is 8.16. The van der Waals surface area contributed by atoms with Gasteiger partial charge < -0.3 is 15.8 Å². The zero-order chi connectivity index (χ0) is 12.7. The van der Waals surface area contributed by atoms with Gasteiger partial charge >= 0.3 is 0 Å². The third-order valence-electron chi connectivity index (χ3n) is 2.43. The Labute approximate surface area is 114 Å². The number of nitrogens with one attached hydrogen (secondary N) is 1. The van der Waals surface area contributed by atoms with Crippen LogP contribution in [0.2, 0.25) is 0 Å².